The number of carbonyl (C=O) groups is 2. The van der Waals surface area contributed by atoms with Crippen molar-refractivity contribution in [1.82, 2.24) is 4.90 Å². The number of imide groups is 1. The highest BCUT2D eigenvalue weighted by Crippen LogP contribution is 2.21. The Balaban J connectivity index is 1.22. The molecule has 7 heteroatoms. The number of benzene rings is 1. The first-order valence-electron chi connectivity index (χ1n) is 9.11. The third-order valence-electron chi connectivity index (χ3n) is 4.38. The van der Waals surface area contributed by atoms with Gasteiger partial charge in [0.1, 0.15) is 0 Å². The molecule has 1 aromatic carbocycles. The minimum atomic E-state index is -0.257. The minimum Gasteiger partial charge on any atom is -0.377 e. The lowest BCUT2D eigenvalue weighted by Crippen LogP contribution is -2.33. The van der Waals surface area contributed by atoms with Crippen LogP contribution in [0.15, 0.2) is 24.3 Å². The Morgan fingerprint density at radius 1 is 0.923 bits per heavy atom. The average molecular weight is 363 g/mol. The summed E-state index contributed by atoms with van der Waals surface area (Å²) in [4.78, 5) is 25.6. The highest BCUT2D eigenvalue weighted by Gasteiger charge is 2.34. The van der Waals surface area contributed by atoms with Crippen LogP contribution < -0.4 is 0 Å². The molecule has 0 aliphatic carbocycles. The summed E-state index contributed by atoms with van der Waals surface area (Å²) >= 11 is 0. The second kappa shape index (κ2) is 9.78. The fourth-order valence-electron chi connectivity index (χ4n) is 3.00. The molecule has 0 saturated carbocycles. The van der Waals surface area contributed by atoms with E-state index in [4.69, 9.17) is 18.9 Å². The van der Waals surface area contributed by atoms with Crippen molar-refractivity contribution in [3.05, 3.63) is 35.4 Å². The van der Waals surface area contributed by atoms with Gasteiger partial charge in [0.05, 0.1) is 50.7 Å². The Labute approximate surface area is 153 Å². The molecule has 7 nitrogen and oxygen atoms in total. The fourth-order valence-corrected chi connectivity index (χ4v) is 3.00. The average Bonchev–Trinajstić information content (AvgIpc) is 2.92. The van der Waals surface area contributed by atoms with Crippen molar-refractivity contribution in [3.8, 4) is 0 Å². The van der Waals surface area contributed by atoms with Crippen LogP contribution >= 0.6 is 0 Å². The molecule has 3 rings (SSSR count). The Kier molecular flexibility index (Phi) is 7.13. The number of carbonyl (C=O) groups excluding carboxylic acids is 2. The van der Waals surface area contributed by atoms with Crippen LogP contribution in [0.3, 0.4) is 0 Å². The molecule has 0 radical (unpaired) electrons. The van der Waals surface area contributed by atoms with Crippen molar-refractivity contribution in [3.63, 3.8) is 0 Å². The number of hydrogen-bond acceptors (Lipinski definition) is 6. The first kappa shape index (κ1) is 19.0. The van der Waals surface area contributed by atoms with Gasteiger partial charge >= 0.3 is 0 Å². The summed E-state index contributed by atoms with van der Waals surface area (Å²) in [5.74, 6) is -0.514. The molecular formula is C19H25NO6. The van der Waals surface area contributed by atoms with Gasteiger partial charge in [-0.2, -0.15) is 0 Å². The second-order valence-corrected chi connectivity index (χ2v) is 6.20. The molecule has 1 unspecified atom stereocenters. The van der Waals surface area contributed by atoms with E-state index in [0.29, 0.717) is 44.2 Å². The van der Waals surface area contributed by atoms with Gasteiger partial charge in [0.15, 0.2) is 6.29 Å². The molecule has 0 aromatic heterocycles. The molecule has 2 heterocycles. The summed E-state index contributed by atoms with van der Waals surface area (Å²) in [5.41, 5.74) is 0.922. The molecule has 2 aliphatic heterocycles. The first-order valence-corrected chi connectivity index (χ1v) is 9.11. The van der Waals surface area contributed by atoms with Crippen LogP contribution in [0.4, 0.5) is 0 Å². The molecule has 1 aromatic rings. The third kappa shape index (κ3) is 4.88. The Morgan fingerprint density at radius 3 is 2.23 bits per heavy atom. The molecule has 2 amide bonds. The van der Waals surface area contributed by atoms with Crippen molar-refractivity contribution in [2.24, 2.45) is 0 Å². The lowest BCUT2D eigenvalue weighted by Gasteiger charge is -2.22. The zero-order chi connectivity index (χ0) is 18.2. The number of amides is 2. The Bertz CT molecular complexity index is 579. The summed E-state index contributed by atoms with van der Waals surface area (Å²) < 4.78 is 21.9. The van der Waals surface area contributed by atoms with Gasteiger partial charge in [-0.3, -0.25) is 14.5 Å². The van der Waals surface area contributed by atoms with Gasteiger partial charge in [-0.1, -0.05) is 12.1 Å². The normalized spacial score (nSPS) is 19.8. The molecule has 0 N–H and O–H groups in total. The Morgan fingerprint density at radius 2 is 1.58 bits per heavy atom. The molecular weight excluding hydrogens is 338 g/mol. The molecule has 0 spiro atoms. The number of rotatable bonds is 10. The molecule has 1 saturated heterocycles. The van der Waals surface area contributed by atoms with Gasteiger partial charge in [0, 0.05) is 6.61 Å². The van der Waals surface area contributed by atoms with Crippen LogP contribution in [0.2, 0.25) is 0 Å². The van der Waals surface area contributed by atoms with E-state index in [1.807, 2.05) is 0 Å². The van der Waals surface area contributed by atoms with Crippen LogP contribution in [0, 0.1) is 0 Å². The number of hydrogen-bond donors (Lipinski definition) is 0. The SMILES string of the molecule is O=C1c2ccccc2C(=O)N1CCOCCOCCOC1CCCCO1. The van der Waals surface area contributed by atoms with E-state index < -0.39 is 0 Å². The smallest absolute Gasteiger partial charge is 0.261 e. The van der Waals surface area contributed by atoms with Crippen LogP contribution in [0.5, 0.6) is 0 Å². The lowest BCUT2D eigenvalue weighted by atomic mass is 10.1. The topological polar surface area (TPSA) is 74.3 Å². The standard InChI is InChI=1S/C19H25NO6/c21-18-15-5-1-2-6-16(15)19(22)20(18)8-10-23-11-12-24-13-14-26-17-7-3-4-9-25-17/h1-2,5-6,17H,3-4,7-14H2. The van der Waals surface area contributed by atoms with Crippen molar-refractivity contribution in [1.29, 1.82) is 0 Å². The van der Waals surface area contributed by atoms with E-state index in [2.05, 4.69) is 0 Å². The van der Waals surface area contributed by atoms with Crippen molar-refractivity contribution in [2.75, 3.05) is 46.2 Å². The van der Waals surface area contributed by atoms with Gasteiger partial charge in [-0.05, 0) is 31.4 Å². The molecule has 1 fully saturated rings. The highest BCUT2D eigenvalue weighted by molar-refractivity contribution is 6.21. The van der Waals surface area contributed by atoms with Gasteiger partial charge in [0.25, 0.3) is 11.8 Å². The molecule has 0 bridgehead atoms. The maximum absolute atomic E-state index is 12.2. The second-order valence-electron chi connectivity index (χ2n) is 6.20. The maximum Gasteiger partial charge on any atom is 0.261 e. The highest BCUT2D eigenvalue weighted by atomic mass is 16.7. The summed E-state index contributed by atoms with van der Waals surface area (Å²) in [5, 5.41) is 0. The van der Waals surface area contributed by atoms with E-state index in [-0.39, 0.29) is 24.6 Å². The summed E-state index contributed by atoms with van der Waals surface area (Å²) in [6.07, 6.45) is 3.10. The Hall–Kier alpha value is -1.80. The zero-order valence-corrected chi connectivity index (χ0v) is 14.9. The van der Waals surface area contributed by atoms with E-state index >= 15 is 0 Å². The molecule has 142 valence electrons. The van der Waals surface area contributed by atoms with Gasteiger partial charge < -0.3 is 18.9 Å². The van der Waals surface area contributed by atoms with Crippen molar-refractivity contribution in [2.45, 2.75) is 25.6 Å². The lowest BCUT2D eigenvalue weighted by molar-refractivity contribution is -0.169. The van der Waals surface area contributed by atoms with Crippen LogP contribution in [0.25, 0.3) is 0 Å². The summed E-state index contributed by atoms with van der Waals surface area (Å²) in [7, 11) is 0. The monoisotopic (exact) mass is 363 g/mol. The maximum atomic E-state index is 12.2. The predicted octanol–water partition coefficient (Wildman–Crippen LogP) is 1.86. The first-order chi connectivity index (χ1) is 12.8. The quantitative estimate of drug-likeness (QED) is 0.467. The fraction of sp³-hybridized carbons (Fsp3) is 0.579. The van der Waals surface area contributed by atoms with Crippen LogP contribution in [-0.2, 0) is 18.9 Å². The molecule has 1 atom stereocenters. The predicted molar refractivity (Wildman–Crippen MR) is 93.0 cm³/mol. The molecule has 26 heavy (non-hydrogen) atoms. The van der Waals surface area contributed by atoms with E-state index in [9.17, 15) is 9.59 Å². The van der Waals surface area contributed by atoms with Crippen molar-refractivity contribution < 1.29 is 28.5 Å². The zero-order valence-electron chi connectivity index (χ0n) is 14.9. The molecule has 2 aliphatic rings. The van der Waals surface area contributed by atoms with Crippen molar-refractivity contribution >= 4 is 11.8 Å². The summed E-state index contributed by atoms with van der Waals surface area (Å²) in [6.45, 7) is 3.14. The number of ether oxygens (including phenoxy) is 4. The van der Waals surface area contributed by atoms with E-state index in [1.54, 1.807) is 24.3 Å². The van der Waals surface area contributed by atoms with E-state index in [0.717, 1.165) is 25.9 Å². The number of nitrogens with zero attached hydrogens (tertiary/aromatic N) is 1. The number of fused-ring (bicyclic) bond motifs is 1. The van der Waals surface area contributed by atoms with Crippen LogP contribution in [-0.4, -0.2) is 69.2 Å². The van der Waals surface area contributed by atoms with Crippen LogP contribution in [0.1, 0.15) is 40.0 Å². The van der Waals surface area contributed by atoms with E-state index in [1.165, 1.54) is 4.90 Å². The van der Waals surface area contributed by atoms with Gasteiger partial charge in [-0.15, -0.1) is 0 Å². The summed E-state index contributed by atoms with van der Waals surface area (Å²) in [6, 6.07) is 6.85. The van der Waals surface area contributed by atoms with Gasteiger partial charge in [-0.25, -0.2) is 0 Å². The minimum absolute atomic E-state index is 0.0942. The third-order valence-corrected chi connectivity index (χ3v) is 4.38. The van der Waals surface area contributed by atoms with Gasteiger partial charge in [0.2, 0.25) is 0 Å². The largest absolute Gasteiger partial charge is 0.377 e.